The molecular formula is C8H13NS. The van der Waals surface area contributed by atoms with E-state index in [1.165, 1.54) is 15.3 Å². The highest BCUT2D eigenvalue weighted by Crippen LogP contribution is 2.21. The lowest BCUT2D eigenvalue weighted by Gasteiger charge is -1.88. The molecule has 10 heavy (non-hydrogen) atoms. The van der Waals surface area contributed by atoms with Crippen LogP contribution in [0.25, 0.3) is 0 Å². The molecular weight excluding hydrogens is 142 g/mol. The summed E-state index contributed by atoms with van der Waals surface area (Å²) in [5.41, 5.74) is 6.89. The maximum Gasteiger partial charge on any atom is 0.0273 e. The fraction of sp³-hybridized carbons (Fsp3) is 0.500. The highest BCUT2D eigenvalue weighted by Gasteiger charge is 2.00. The lowest BCUT2D eigenvalue weighted by atomic mass is 10.2. The topological polar surface area (TPSA) is 26.0 Å². The normalized spacial score (nSPS) is 10.3. The van der Waals surface area contributed by atoms with Gasteiger partial charge in [-0.25, -0.2) is 0 Å². The maximum atomic E-state index is 5.50. The van der Waals surface area contributed by atoms with Crippen LogP contribution in [-0.4, -0.2) is 0 Å². The Morgan fingerprint density at radius 2 is 2.30 bits per heavy atom. The molecule has 2 N–H and O–H groups in total. The van der Waals surface area contributed by atoms with Crippen LogP contribution in [0.1, 0.15) is 22.2 Å². The largest absolute Gasteiger partial charge is 0.326 e. The molecule has 1 aromatic rings. The molecule has 0 aliphatic heterocycles. The maximum absolute atomic E-state index is 5.50. The summed E-state index contributed by atoms with van der Waals surface area (Å²) in [7, 11) is 0. The predicted octanol–water partition coefficient (Wildman–Crippen LogP) is 2.08. The highest BCUT2D eigenvalue weighted by atomic mass is 32.1. The van der Waals surface area contributed by atoms with Crippen molar-refractivity contribution in [2.45, 2.75) is 26.8 Å². The first-order chi connectivity index (χ1) is 4.77. The summed E-state index contributed by atoms with van der Waals surface area (Å²) in [6.45, 7) is 5.01. The van der Waals surface area contributed by atoms with Crippen LogP contribution in [-0.2, 0) is 13.0 Å². The van der Waals surface area contributed by atoms with E-state index in [2.05, 4.69) is 19.9 Å². The second-order valence-corrected chi connectivity index (χ2v) is 3.60. The van der Waals surface area contributed by atoms with Crippen LogP contribution in [0, 0.1) is 6.92 Å². The average Bonchev–Trinajstić information content (AvgIpc) is 2.30. The monoisotopic (exact) mass is 155 g/mol. The van der Waals surface area contributed by atoms with Gasteiger partial charge in [-0.1, -0.05) is 6.92 Å². The molecule has 56 valence electrons. The summed E-state index contributed by atoms with van der Waals surface area (Å²) >= 11 is 1.83. The van der Waals surface area contributed by atoms with Gasteiger partial charge in [0.2, 0.25) is 0 Å². The molecule has 0 fully saturated rings. The van der Waals surface area contributed by atoms with E-state index in [4.69, 9.17) is 5.73 Å². The number of aryl methyl sites for hydroxylation is 2. The number of rotatable bonds is 2. The standard InChI is InChI=1S/C8H13NS/c1-3-8-6(2)4-7(5-9)10-8/h4H,3,5,9H2,1-2H3. The average molecular weight is 155 g/mol. The van der Waals surface area contributed by atoms with Crippen LogP contribution < -0.4 is 5.73 Å². The van der Waals surface area contributed by atoms with Crippen molar-refractivity contribution < 1.29 is 0 Å². The fourth-order valence-electron chi connectivity index (χ4n) is 1.04. The Morgan fingerprint density at radius 1 is 1.60 bits per heavy atom. The van der Waals surface area contributed by atoms with Crippen LogP contribution in [0.5, 0.6) is 0 Å². The summed E-state index contributed by atoms with van der Waals surface area (Å²) < 4.78 is 0. The van der Waals surface area contributed by atoms with Gasteiger partial charge in [-0.05, 0) is 25.0 Å². The molecule has 2 heteroatoms. The highest BCUT2D eigenvalue weighted by molar-refractivity contribution is 7.12. The van der Waals surface area contributed by atoms with Crippen LogP contribution in [0.2, 0.25) is 0 Å². The molecule has 0 aliphatic rings. The molecule has 0 unspecified atom stereocenters. The van der Waals surface area contributed by atoms with Crippen molar-refractivity contribution in [3.8, 4) is 0 Å². The molecule has 0 bridgehead atoms. The van der Waals surface area contributed by atoms with E-state index in [0.717, 1.165) is 6.42 Å². The third kappa shape index (κ3) is 1.39. The Balaban J connectivity index is 2.92. The Bertz CT molecular complexity index is 215. The summed E-state index contributed by atoms with van der Waals surface area (Å²) in [5.74, 6) is 0. The summed E-state index contributed by atoms with van der Waals surface area (Å²) in [6, 6.07) is 2.18. The Kier molecular flexibility index (Phi) is 2.46. The molecule has 0 atom stereocenters. The molecule has 1 nitrogen and oxygen atoms in total. The molecule has 0 radical (unpaired) electrons. The first-order valence-electron chi connectivity index (χ1n) is 3.56. The van der Waals surface area contributed by atoms with Gasteiger partial charge in [0.05, 0.1) is 0 Å². The van der Waals surface area contributed by atoms with E-state index in [-0.39, 0.29) is 0 Å². The van der Waals surface area contributed by atoms with Crippen LogP contribution in [0.15, 0.2) is 6.07 Å². The molecule has 1 aromatic heterocycles. The minimum atomic E-state index is 0.686. The SMILES string of the molecule is CCc1sc(CN)cc1C. The van der Waals surface area contributed by atoms with Crippen molar-refractivity contribution in [2.75, 3.05) is 0 Å². The molecule has 0 amide bonds. The van der Waals surface area contributed by atoms with Gasteiger partial charge < -0.3 is 5.73 Å². The van der Waals surface area contributed by atoms with Crippen LogP contribution in [0.3, 0.4) is 0 Å². The van der Waals surface area contributed by atoms with Gasteiger partial charge in [-0.3, -0.25) is 0 Å². The lowest BCUT2D eigenvalue weighted by Crippen LogP contribution is -1.91. The van der Waals surface area contributed by atoms with Gasteiger partial charge in [0.15, 0.2) is 0 Å². The third-order valence-corrected chi connectivity index (χ3v) is 3.00. The summed E-state index contributed by atoms with van der Waals surface area (Å²) in [5, 5.41) is 0. The van der Waals surface area contributed by atoms with E-state index >= 15 is 0 Å². The van der Waals surface area contributed by atoms with Crippen molar-refractivity contribution in [1.29, 1.82) is 0 Å². The van der Waals surface area contributed by atoms with Crippen molar-refractivity contribution in [3.05, 3.63) is 21.4 Å². The van der Waals surface area contributed by atoms with Gasteiger partial charge >= 0.3 is 0 Å². The molecule has 1 rings (SSSR count). The number of hydrogen-bond donors (Lipinski definition) is 1. The summed E-state index contributed by atoms with van der Waals surface area (Å²) in [4.78, 5) is 2.77. The molecule has 1 heterocycles. The molecule has 0 aliphatic carbocycles. The smallest absolute Gasteiger partial charge is 0.0273 e. The summed E-state index contributed by atoms with van der Waals surface area (Å²) in [6.07, 6.45) is 1.14. The first-order valence-corrected chi connectivity index (χ1v) is 4.37. The van der Waals surface area contributed by atoms with Gasteiger partial charge in [-0.2, -0.15) is 0 Å². The third-order valence-electron chi connectivity index (χ3n) is 1.59. The van der Waals surface area contributed by atoms with Gasteiger partial charge in [0.1, 0.15) is 0 Å². The quantitative estimate of drug-likeness (QED) is 0.695. The fourth-order valence-corrected chi connectivity index (χ4v) is 2.04. The zero-order valence-corrected chi connectivity index (χ0v) is 7.29. The van der Waals surface area contributed by atoms with E-state index < -0.39 is 0 Å². The lowest BCUT2D eigenvalue weighted by molar-refractivity contribution is 1.10. The molecule has 0 spiro atoms. The second kappa shape index (κ2) is 3.17. The number of nitrogens with two attached hydrogens (primary N) is 1. The Hall–Kier alpha value is -0.340. The van der Waals surface area contributed by atoms with Crippen molar-refractivity contribution in [3.63, 3.8) is 0 Å². The second-order valence-electron chi connectivity index (χ2n) is 2.38. The molecule has 0 aromatic carbocycles. The first kappa shape index (κ1) is 7.76. The van der Waals surface area contributed by atoms with E-state index in [0.29, 0.717) is 6.54 Å². The molecule has 0 saturated carbocycles. The van der Waals surface area contributed by atoms with Gasteiger partial charge in [-0.15, -0.1) is 11.3 Å². The van der Waals surface area contributed by atoms with Gasteiger partial charge in [0, 0.05) is 16.3 Å². The zero-order chi connectivity index (χ0) is 7.56. The van der Waals surface area contributed by atoms with E-state index in [1.807, 2.05) is 11.3 Å². The zero-order valence-electron chi connectivity index (χ0n) is 6.48. The van der Waals surface area contributed by atoms with Gasteiger partial charge in [0.25, 0.3) is 0 Å². The van der Waals surface area contributed by atoms with E-state index in [1.54, 1.807) is 0 Å². The Morgan fingerprint density at radius 3 is 2.60 bits per heavy atom. The molecule has 0 saturated heterocycles. The van der Waals surface area contributed by atoms with Crippen LogP contribution >= 0.6 is 11.3 Å². The number of hydrogen-bond acceptors (Lipinski definition) is 2. The predicted molar refractivity (Wildman–Crippen MR) is 46.3 cm³/mol. The van der Waals surface area contributed by atoms with Crippen molar-refractivity contribution in [2.24, 2.45) is 5.73 Å². The van der Waals surface area contributed by atoms with Crippen LogP contribution in [0.4, 0.5) is 0 Å². The van der Waals surface area contributed by atoms with E-state index in [9.17, 15) is 0 Å². The van der Waals surface area contributed by atoms with Crippen molar-refractivity contribution in [1.82, 2.24) is 0 Å². The minimum Gasteiger partial charge on any atom is -0.326 e. The Labute approximate surface area is 65.9 Å². The van der Waals surface area contributed by atoms with Crippen molar-refractivity contribution >= 4 is 11.3 Å². The minimum absolute atomic E-state index is 0.686. The number of thiophene rings is 1.